The Morgan fingerprint density at radius 3 is 2.85 bits per heavy atom. The number of aromatic nitrogens is 1. The van der Waals surface area contributed by atoms with Gasteiger partial charge >= 0.3 is 0 Å². The monoisotopic (exact) mass is 196 g/mol. The Kier molecular flexibility index (Phi) is 2.65. The molecule has 0 aliphatic heterocycles. The predicted molar refractivity (Wildman–Crippen MR) is 56.1 cm³/mol. The van der Waals surface area contributed by atoms with E-state index >= 15 is 0 Å². The van der Waals surface area contributed by atoms with Crippen molar-refractivity contribution in [3.8, 4) is 0 Å². The van der Waals surface area contributed by atoms with Crippen LogP contribution in [0.15, 0.2) is 5.38 Å². The van der Waals surface area contributed by atoms with Gasteiger partial charge in [0.1, 0.15) is 5.01 Å². The number of thiazole rings is 1. The number of hydrogen-bond acceptors (Lipinski definition) is 3. The molecule has 0 atom stereocenters. The molecule has 0 aromatic carbocycles. The highest BCUT2D eigenvalue weighted by Gasteiger charge is 2.21. The van der Waals surface area contributed by atoms with Crippen LogP contribution in [-0.4, -0.2) is 24.0 Å². The Labute approximate surface area is 83.6 Å². The largest absolute Gasteiger partial charge is 0.303 e. The average molecular weight is 196 g/mol. The zero-order chi connectivity index (χ0) is 9.26. The van der Waals surface area contributed by atoms with Crippen molar-refractivity contribution in [3.05, 3.63) is 16.1 Å². The van der Waals surface area contributed by atoms with Gasteiger partial charge in [0.2, 0.25) is 0 Å². The first-order valence-corrected chi connectivity index (χ1v) is 5.72. The minimum absolute atomic E-state index is 0.784. The Hall–Kier alpha value is -0.410. The second-order valence-electron chi connectivity index (χ2n) is 4.03. The normalized spacial score (nSPS) is 17.8. The molecule has 0 radical (unpaired) electrons. The Balaban J connectivity index is 2.00. The summed E-state index contributed by atoms with van der Waals surface area (Å²) >= 11 is 1.80. The molecule has 1 aliphatic rings. The molecule has 1 saturated carbocycles. The fourth-order valence-corrected chi connectivity index (χ4v) is 2.55. The third kappa shape index (κ3) is 2.09. The van der Waals surface area contributed by atoms with Crippen molar-refractivity contribution < 1.29 is 0 Å². The summed E-state index contributed by atoms with van der Waals surface area (Å²) in [6.07, 6.45) is 4.10. The first kappa shape index (κ1) is 9.16. The van der Waals surface area contributed by atoms with Crippen LogP contribution in [0, 0.1) is 0 Å². The van der Waals surface area contributed by atoms with Crippen molar-refractivity contribution in [1.29, 1.82) is 0 Å². The molecule has 1 heterocycles. The lowest BCUT2D eigenvalue weighted by atomic mass is 9.83. The standard InChI is InChI=1S/C10H16N2S/c1-12(2)6-10-11-9(7-13-10)8-4-3-5-8/h7-8H,3-6H2,1-2H3. The predicted octanol–water partition coefficient (Wildman–Crippen LogP) is 2.47. The maximum Gasteiger partial charge on any atom is 0.107 e. The van der Waals surface area contributed by atoms with Gasteiger partial charge in [-0.3, -0.25) is 0 Å². The van der Waals surface area contributed by atoms with Crippen LogP contribution in [0.2, 0.25) is 0 Å². The maximum atomic E-state index is 4.65. The van der Waals surface area contributed by atoms with Gasteiger partial charge in [0, 0.05) is 17.8 Å². The van der Waals surface area contributed by atoms with Crippen molar-refractivity contribution in [2.24, 2.45) is 0 Å². The van der Waals surface area contributed by atoms with Crippen molar-refractivity contribution >= 4 is 11.3 Å². The number of nitrogens with zero attached hydrogens (tertiary/aromatic N) is 2. The van der Waals surface area contributed by atoms with Crippen molar-refractivity contribution in [3.63, 3.8) is 0 Å². The van der Waals surface area contributed by atoms with Gasteiger partial charge in [0.15, 0.2) is 0 Å². The third-order valence-electron chi connectivity index (χ3n) is 2.54. The fraction of sp³-hybridized carbons (Fsp3) is 0.700. The summed E-state index contributed by atoms with van der Waals surface area (Å²) in [5.74, 6) is 0.784. The van der Waals surface area contributed by atoms with E-state index < -0.39 is 0 Å². The van der Waals surface area contributed by atoms with Crippen LogP contribution in [0.25, 0.3) is 0 Å². The number of rotatable bonds is 3. The molecule has 72 valence electrons. The van der Waals surface area contributed by atoms with Crippen molar-refractivity contribution in [1.82, 2.24) is 9.88 Å². The van der Waals surface area contributed by atoms with Gasteiger partial charge in [-0.1, -0.05) is 6.42 Å². The van der Waals surface area contributed by atoms with Gasteiger partial charge in [-0.05, 0) is 26.9 Å². The van der Waals surface area contributed by atoms with Crippen LogP contribution in [0.4, 0.5) is 0 Å². The Bertz CT molecular complexity index is 276. The molecule has 2 nitrogen and oxygen atoms in total. The van der Waals surface area contributed by atoms with E-state index in [-0.39, 0.29) is 0 Å². The lowest BCUT2D eigenvalue weighted by Crippen LogP contribution is -2.12. The highest BCUT2D eigenvalue weighted by Crippen LogP contribution is 2.36. The highest BCUT2D eigenvalue weighted by atomic mass is 32.1. The zero-order valence-electron chi connectivity index (χ0n) is 8.29. The van der Waals surface area contributed by atoms with Gasteiger partial charge in [0.05, 0.1) is 5.69 Å². The van der Waals surface area contributed by atoms with Crippen LogP contribution >= 0.6 is 11.3 Å². The molecule has 0 bridgehead atoms. The highest BCUT2D eigenvalue weighted by molar-refractivity contribution is 7.09. The molecule has 1 aromatic heterocycles. The lowest BCUT2D eigenvalue weighted by molar-refractivity contribution is 0.393. The average Bonchev–Trinajstić information content (AvgIpc) is 2.31. The summed E-state index contributed by atoms with van der Waals surface area (Å²) in [5.41, 5.74) is 1.34. The van der Waals surface area contributed by atoms with E-state index in [1.165, 1.54) is 30.0 Å². The van der Waals surface area contributed by atoms with Crippen molar-refractivity contribution in [2.75, 3.05) is 14.1 Å². The van der Waals surface area contributed by atoms with Gasteiger partial charge in [0.25, 0.3) is 0 Å². The summed E-state index contributed by atoms with van der Waals surface area (Å²) in [7, 11) is 4.18. The molecule has 0 spiro atoms. The number of hydrogen-bond donors (Lipinski definition) is 0. The molecular weight excluding hydrogens is 180 g/mol. The zero-order valence-corrected chi connectivity index (χ0v) is 9.10. The quantitative estimate of drug-likeness (QED) is 0.738. The molecule has 1 aliphatic carbocycles. The van der Waals surface area contributed by atoms with Crippen LogP contribution in [-0.2, 0) is 6.54 Å². The van der Waals surface area contributed by atoms with E-state index in [1.54, 1.807) is 11.3 Å². The lowest BCUT2D eigenvalue weighted by Gasteiger charge is -2.23. The second kappa shape index (κ2) is 3.76. The van der Waals surface area contributed by atoms with Gasteiger partial charge < -0.3 is 4.90 Å². The molecule has 13 heavy (non-hydrogen) atoms. The van der Waals surface area contributed by atoms with E-state index in [9.17, 15) is 0 Å². The van der Waals surface area contributed by atoms with E-state index in [0.29, 0.717) is 0 Å². The molecule has 0 amide bonds. The first-order valence-electron chi connectivity index (χ1n) is 4.85. The molecule has 0 unspecified atom stereocenters. The second-order valence-corrected chi connectivity index (χ2v) is 4.97. The summed E-state index contributed by atoms with van der Waals surface area (Å²) in [6, 6.07) is 0. The van der Waals surface area contributed by atoms with E-state index in [0.717, 1.165) is 12.5 Å². The molecule has 1 fully saturated rings. The van der Waals surface area contributed by atoms with E-state index in [1.807, 2.05) is 0 Å². The van der Waals surface area contributed by atoms with Crippen LogP contribution in [0.1, 0.15) is 35.9 Å². The first-order chi connectivity index (χ1) is 6.25. The van der Waals surface area contributed by atoms with E-state index in [4.69, 9.17) is 0 Å². The minimum atomic E-state index is 0.784. The summed E-state index contributed by atoms with van der Waals surface area (Å²) < 4.78 is 0. The third-order valence-corrected chi connectivity index (χ3v) is 3.40. The summed E-state index contributed by atoms with van der Waals surface area (Å²) in [4.78, 5) is 6.82. The van der Waals surface area contributed by atoms with E-state index in [2.05, 4.69) is 29.4 Å². The molecule has 0 saturated heterocycles. The van der Waals surface area contributed by atoms with Crippen LogP contribution < -0.4 is 0 Å². The van der Waals surface area contributed by atoms with Gasteiger partial charge in [-0.15, -0.1) is 11.3 Å². The van der Waals surface area contributed by atoms with Gasteiger partial charge in [-0.25, -0.2) is 4.98 Å². The smallest absolute Gasteiger partial charge is 0.107 e. The molecule has 1 aromatic rings. The SMILES string of the molecule is CN(C)Cc1nc(C2CCC2)cs1. The van der Waals surface area contributed by atoms with Crippen molar-refractivity contribution in [2.45, 2.75) is 31.7 Å². The summed E-state index contributed by atoms with van der Waals surface area (Å²) in [5, 5.41) is 3.50. The Morgan fingerprint density at radius 2 is 2.31 bits per heavy atom. The fourth-order valence-electron chi connectivity index (χ4n) is 1.56. The molecule has 2 rings (SSSR count). The van der Waals surface area contributed by atoms with Crippen LogP contribution in [0.3, 0.4) is 0 Å². The molecule has 3 heteroatoms. The van der Waals surface area contributed by atoms with Crippen LogP contribution in [0.5, 0.6) is 0 Å². The molecular formula is C10H16N2S. The topological polar surface area (TPSA) is 16.1 Å². The van der Waals surface area contributed by atoms with Gasteiger partial charge in [-0.2, -0.15) is 0 Å². The summed E-state index contributed by atoms with van der Waals surface area (Å²) in [6.45, 7) is 0.984. The Morgan fingerprint density at radius 1 is 1.54 bits per heavy atom. The minimum Gasteiger partial charge on any atom is -0.303 e. The maximum absolute atomic E-state index is 4.65. The molecule has 0 N–H and O–H groups in total.